The summed E-state index contributed by atoms with van der Waals surface area (Å²) in [5, 5.41) is 19.7. The lowest BCUT2D eigenvalue weighted by Crippen LogP contribution is -2.06. The number of benzene rings is 2. The summed E-state index contributed by atoms with van der Waals surface area (Å²) in [7, 11) is 0. The summed E-state index contributed by atoms with van der Waals surface area (Å²) in [6, 6.07) is 13.1. The number of rotatable bonds is 2. The van der Waals surface area contributed by atoms with Crippen LogP contribution in [0.15, 0.2) is 57.7 Å². The lowest BCUT2D eigenvalue weighted by atomic mass is 10.1. The Labute approximate surface area is 119 Å². The van der Waals surface area contributed by atoms with E-state index in [1.165, 1.54) is 18.2 Å². The molecule has 5 nitrogen and oxygen atoms in total. The van der Waals surface area contributed by atoms with Crippen molar-refractivity contribution in [2.75, 3.05) is 0 Å². The highest BCUT2D eigenvalue weighted by Crippen LogP contribution is 2.23. The third-order valence-corrected chi connectivity index (χ3v) is 2.97. The zero-order chi connectivity index (χ0) is 14.8. The van der Waals surface area contributed by atoms with Gasteiger partial charge in [0.2, 0.25) is 0 Å². The molecule has 2 N–H and O–H groups in total. The van der Waals surface area contributed by atoms with E-state index in [-0.39, 0.29) is 22.8 Å². The average Bonchev–Trinajstić information content (AvgIpc) is 2.48. The van der Waals surface area contributed by atoms with Gasteiger partial charge in [-0.15, -0.1) is 0 Å². The Morgan fingerprint density at radius 1 is 1.10 bits per heavy atom. The molecule has 21 heavy (non-hydrogen) atoms. The molecule has 5 heteroatoms. The normalized spacial score (nSPS) is 11.7. The minimum absolute atomic E-state index is 0.0329. The van der Waals surface area contributed by atoms with Gasteiger partial charge < -0.3 is 14.6 Å². The molecule has 3 aromatic rings. The second kappa shape index (κ2) is 5.13. The largest absolute Gasteiger partial charge is 0.507 e. The van der Waals surface area contributed by atoms with E-state index in [0.29, 0.717) is 11.1 Å². The molecule has 1 heterocycles. The van der Waals surface area contributed by atoms with Crippen molar-refractivity contribution < 1.29 is 14.6 Å². The number of aliphatic hydroxyl groups is 1. The molecule has 0 unspecified atom stereocenters. The lowest BCUT2D eigenvalue weighted by Gasteiger charge is -2.03. The van der Waals surface area contributed by atoms with Crippen LogP contribution < -0.4 is 5.63 Å². The molecule has 2 aromatic carbocycles. The Hall–Kier alpha value is -3.08. The molecule has 0 aliphatic heterocycles. The van der Waals surface area contributed by atoms with Crippen LogP contribution in [0, 0.1) is 0 Å². The summed E-state index contributed by atoms with van der Waals surface area (Å²) in [6.07, 6.45) is 1.17. The molecule has 0 amide bonds. The Kier molecular flexibility index (Phi) is 3.16. The molecule has 0 fully saturated rings. The van der Waals surface area contributed by atoms with Gasteiger partial charge in [-0.25, -0.2) is 9.78 Å². The first kappa shape index (κ1) is 12.9. The van der Waals surface area contributed by atoms with Gasteiger partial charge in [-0.2, -0.15) is 0 Å². The van der Waals surface area contributed by atoms with Crippen molar-refractivity contribution in [2.45, 2.75) is 0 Å². The summed E-state index contributed by atoms with van der Waals surface area (Å²) >= 11 is 0. The maximum absolute atomic E-state index is 11.8. The zero-order valence-electron chi connectivity index (χ0n) is 10.9. The van der Waals surface area contributed by atoms with E-state index in [1.54, 1.807) is 36.4 Å². The molecule has 3 rings (SSSR count). The van der Waals surface area contributed by atoms with Crippen molar-refractivity contribution >= 4 is 22.9 Å². The maximum atomic E-state index is 11.8. The average molecular weight is 281 g/mol. The maximum Gasteiger partial charge on any atom is 0.362 e. The van der Waals surface area contributed by atoms with E-state index in [0.717, 1.165) is 0 Å². The topological polar surface area (TPSA) is 83.6 Å². The van der Waals surface area contributed by atoms with Crippen LogP contribution >= 0.6 is 0 Å². The fourth-order valence-electron chi connectivity index (χ4n) is 1.95. The van der Waals surface area contributed by atoms with Gasteiger partial charge in [0, 0.05) is 6.08 Å². The summed E-state index contributed by atoms with van der Waals surface area (Å²) in [6.45, 7) is 0. The number of fused-ring (bicyclic) bond motifs is 1. The molecule has 0 aliphatic rings. The van der Waals surface area contributed by atoms with Gasteiger partial charge in [0.15, 0.2) is 11.3 Å². The van der Waals surface area contributed by atoms with E-state index < -0.39 is 5.63 Å². The smallest absolute Gasteiger partial charge is 0.362 e. The van der Waals surface area contributed by atoms with Crippen molar-refractivity contribution in [3.63, 3.8) is 0 Å². The SMILES string of the molecule is O=c1oc2ccccc2nc1/C=C(\O)c1ccccc1O. The molecule has 0 saturated heterocycles. The molecular formula is C16H11NO4. The fraction of sp³-hybridized carbons (Fsp3) is 0. The number of phenols is 1. The van der Waals surface area contributed by atoms with E-state index in [1.807, 2.05) is 0 Å². The molecule has 0 spiro atoms. The number of aromatic nitrogens is 1. The summed E-state index contributed by atoms with van der Waals surface area (Å²) in [5.74, 6) is -0.348. The molecule has 0 saturated carbocycles. The summed E-state index contributed by atoms with van der Waals surface area (Å²) < 4.78 is 5.12. The standard InChI is InChI=1S/C16H11NO4/c18-13-7-3-1-5-10(13)14(19)9-12-16(20)21-15-8-4-2-6-11(15)17-12/h1-9,18-19H/b14-9-. The van der Waals surface area contributed by atoms with Gasteiger partial charge in [-0.3, -0.25) is 0 Å². The van der Waals surface area contributed by atoms with Crippen molar-refractivity contribution in [3.8, 4) is 5.75 Å². The number of hydrogen-bond donors (Lipinski definition) is 2. The van der Waals surface area contributed by atoms with Gasteiger partial charge in [0.1, 0.15) is 17.0 Å². The predicted octanol–water partition coefficient (Wildman–Crippen LogP) is 2.95. The van der Waals surface area contributed by atoms with E-state index >= 15 is 0 Å². The van der Waals surface area contributed by atoms with E-state index in [4.69, 9.17) is 4.42 Å². The van der Waals surface area contributed by atoms with Crippen LogP contribution in [-0.2, 0) is 0 Å². The highest BCUT2D eigenvalue weighted by molar-refractivity contribution is 5.79. The Bertz CT molecular complexity index is 896. The van der Waals surface area contributed by atoms with Crippen LogP contribution in [0.5, 0.6) is 5.75 Å². The van der Waals surface area contributed by atoms with Gasteiger partial charge in [0.05, 0.1) is 5.56 Å². The fourth-order valence-corrected chi connectivity index (χ4v) is 1.95. The summed E-state index contributed by atoms with van der Waals surface area (Å²) in [5.41, 5.74) is 0.409. The quantitative estimate of drug-likeness (QED) is 0.705. The second-order valence-corrected chi connectivity index (χ2v) is 4.40. The molecule has 1 aromatic heterocycles. The van der Waals surface area contributed by atoms with Gasteiger partial charge >= 0.3 is 5.63 Å². The number of nitrogens with zero attached hydrogens (tertiary/aromatic N) is 1. The number of hydrogen-bond acceptors (Lipinski definition) is 5. The van der Waals surface area contributed by atoms with E-state index in [9.17, 15) is 15.0 Å². The first-order valence-electron chi connectivity index (χ1n) is 6.24. The van der Waals surface area contributed by atoms with Crippen LogP contribution in [0.3, 0.4) is 0 Å². The van der Waals surface area contributed by atoms with Crippen molar-refractivity contribution in [3.05, 3.63) is 70.2 Å². The van der Waals surface area contributed by atoms with Gasteiger partial charge in [-0.05, 0) is 24.3 Å². The Balaban J connectivity index is 2.13. The molecule has 0 bridgehead atoms. The lowest BCUT2D eigenvalue weighted by molar-refractivity contribution is 0.461. The summed E-state index contributed by atoms with van der Waals surface area (Å²) in [4.78, 5) is 16.0. The molecular weight excluding hydrogens is 270 g/mol. The molecule has 104 valence electrons. The number of aliphatic hydroxyl groups excluding tert-OH is 1. The van der Waals surface area contributed by atoms with E-state index in [2.05, 4.69) is 4.98 Å². The van der Waals surface area contributed by atoms with Crippen LogP contribution in [0.25, 0.3) is 22.9 Å². The first-order chi connectivity index (χ1) is 10.1. The Morgan fingerprint density at radius 3 is 2.62 bits per heavy atom. The highest BCUT2D eigenvalue weighted by atomic mass is 16.4. The number of phenolic OH excluding ortho intramolecular Hbond substituents is 1. The number of para-hydroxylation sites is 3. The third kappa shape index (κ3) is 2.49. The predicted molar refractivity (Wildman–Crippen MR) is 78.9 cm³/mol. The van der Waals surface area contributed by atoms with Crippen LogP contribution in [0.1, 0.15) is 11.3 Å². The van der Waals surface area contributed by atoms with Crippen molar-refractivity contribution in [1.82, 2.24) is 4.98 Å². The monoisotopic (exact) mass is 281 g/mol. The van der Waals surface area contributed by atoms with Crippen LogP contribution in [0.4, 0.5) is 0 Å². The number of aromatic hydroxyl groups is 1. The van der Waals surface area contributed by atoms with Gasteiger partial charge in [0.25, 0.3) is 0 Å². The van der Waals surface area contributed by atoms with Crippen molar-refractivity contribution in [2.24, 2.45) is 0 Å². The molecule has 0 atom stereocenters. The minimum Gasteiger partial charge on any atom is -0.507 e. The van der Waals surface area contributed by atoms with Crippen molar-refractivity contribution in [1.29, 1.82) is 0 Å². The molecule has 0 aliphatic carbocycles. The van der Waals surface area contributed by atoms with Gasteiger partial charge in [-0.1, -0.05) is 24.3 Å². The Morgan fingerprint density at radius 2 is 1.81 bits per heavy atom. The highest BCUT2D eigenvalue weighted by Gasteiger charge is 2.09. The molecule has 0 radical (unpaired) electrons. The zero-order valence-corrected chi connectivity index (χ0v) is 10.9. The van der Waals surface area contributed by atoms with Crippen LogP contribution in [-0.4, -0.2) is 15.2 Å². The minimum atomic E-state index is -0.657. The second-order valence-electron chi connectivity index (χ2n) is 4.40. The van der Waals surface area contributed by atoms with Crippen LogP contribution in [0.2, 0.25) is 0 Å². The third-order valence-electron chi connectivity index (χ3n) is 2.97. The first-order valence-corrected chi connectivity index (χ1v) is 6.24.